The molecule has 0 fully saturated rings. The van der Waals surface area contributed by atoms with E-state index in [2.05, 4.69) is 15.9 Å². The van der Waals surface area contributed by atoms with E-state index in [1.165, 1.54) is 0 Å². The van der Waals surface area contributed by atoms with Crippen LogP contribution in [0.3, 0.4) is 0 Å². The smallest absolute Gasteiger partial charge is 0.334 e. The average molecular weight is 297 g/mol. The van der Waals surface area contributed by atoms with Crippen LogP contribution in [0.4, 0.5) is 0 Å². The number of benzene rings is 1. The first-order valence-electron chi connectivity index (χ1n) is 5.39. The molecule has 3 nitrogen and oxygen atoms in total. The Kier molecular flexibility index (Phi) is 3.84. The van der Waals surface area contributed by atoms with Crippen molar-refractivity contribution in [3.63, 3.8) is 0 Å². The minimum absolute atomic E-state index is 0.205. The second-order valence-corrected chi connectivity index (χ2v) is 4.65. The van der Waals surface area contributed by atoms with E-state index in [4.69, 9.17) is 9.47 Å². The molecule has 17 heavy (non-hydrogen) atoms. The largest absolute Gasteiger partial charge is 0.496 e. The first-order valence-corrected chi connectivity index (χ1v) is 6.18. The zero-order valence-electron chi connectivity index (χ0n) is 9.53. The van der Waals surface area contributed by atoms with Crippen LogP contribution in [-0.4, -0.2) is 19.7 Å². The van der Waals surface area contributed by atoms with E-state index in [0.29, 0.717) is 13.0 Å². The second-order valence-electron chi connectivity index (χ2n) is 3.80. The third-order valence-corrected chi connectivity index (χ3v) is 3.23. The van der Waals surface area contributed by atoms with Gasteiger partial charge in [0.1, 0.15) is 5.75 Å². The minimum Gasteiger partial charge on any atom is -0.496 e. The average Bonchev–Trinajstić information content (AvgIpc) is 2.32. The first kappa shape index (κ1) is 12.2. The predicted octanol–water partition coefficient (Wildman–Crippen LogP) is 2.87. The van der Waals surface area contributed by atoms with Crippen LogP contribution in [-0.2, 0) is 16.0 Å². The minimum atomic E-state index is -0.205. The number of esters is 1. The summed E-state index contributed by atoms with van der Waals surface area (Å²) < 4.78 is 11.0. The van der Waals surface area contributed by atoms with Gasteiger partial charge in [-0.3, -0.25) is 0 Å². The lowest BCUT2D eigenvalue weighted by Gasteiger charge is -2.13. The summed E-state index contributed by atoms with van der Waals surface area (Å²) in [4.78, 5) is 11.5. The van der Waals surface area contributed by atoms with Crippen molar-refractivity contribution in [3.8, 4) is 5.75 Å². The van der Waals surface area contributed by atoms with Crippen LogP contribution in [0.2, 0.25) is 0 Å². The standard InChI is InChI=1S/C13H13BrO3/c1-16-12-5-4-9(8-11(12)14)7-10-3-2-6-17-13(10)15/h3-5,8H,2,6-7H2,1H3. The maximum absolute atomic E-state index is 11.5. The third kappa shape index (κ3) is 2.88. The lowest BCUT2D eigenvalue weighted by atomic mass is 10.0. The van der Waals surface area contributed by atoms with Crippen LogP contribution in [0.25, 0.3) is 0 Å². The van der Waals surface area contributed by atoms with Crippen molar-refractivity contribution in [1.82, 2.24) is 0 Å². The van der Waals surface area contributed by atoms with Gasteiger partial charge in [0.15, 0.2) is 0 Å². The molecule has 0 atom stereocenters. The van der Waals surface area contributed by atoms with E-state index in [1.807, 2.05) is 24.3 Å². The Balaban J connectivity index is 2.16. The van der Waals surface area contributed by atoms with Gasteiger partial charge in [-0.2, -0.15) is 0 Å². The molecule has 0 saturated heterocycles. The molecule has 4 heteroatoms. The van der Waals surface area contributed by atoms with Crippen molar-refractivity contribution >= 4 is 21.9 Å². The van der Waals surface area contributed by atoms with Crippen LogP contribution in [0, 0.1) is 0 Å². The number of methoxy groups -OCH3 is 1. The third-order valence-electron chi connectivity index (χ3n) is 2.61. The summed E-state index contributed by atoms with van der Waals surface area (Å²) in [5, 5.41) is 0. The van der Waals surface area contributed by atoms with Gasteiger partial charge in [-0.25, -0.2) is 4.79 Å². The van der Waals surface area contributed by atoms with Crippen molar-refractivity contribution in [2.75, 3.05) is 13.7 Å². The zero-order valence-corrected chi connectivity index (χ0v) is 11.1. The summed E-state index contributed by atoms with van der Waals surface area (Å²) >= 11 is 3.43. The molecular formula is C13H13BrO3. The molecular weight excluding hydrogens is 284 g/mol. The molecule has 0 radical (unpaired) electrons. The van der Waals surface area contributed by atoms with E-state index in [9.17, 15) is 4.79 Å². The van der Waals surface area contributed by atoms with Crippen molar-refractivity contribution in [3.05, 3.63) is 39.9 Å². The van der Waals surface area contributed by atoms with Crippen LogP contribution in [0.1, 0.15) is 12.0 Å². The second kappa shape index (κ2) is 5.36. The number of cyclic esters (lactones) is 1. The monoisotopic (exact) mass is 296 g/mol. The molecule has 1 aromatic rings. The molecule has 0 spiro atoms. The summed E-state index contributed by atoms with van der Waals surface area (Å²) in [6.07, 6.45) is 3.35. The van der Waals surface area contributed by atoms with Gasteiger partial charge in [0, 0.05) is 18.4 Å². The van der Waals surface area contributed by atoms with E-state index in [-0.39, 0.29) is 5.97 Å². The Bertz CT molecular complexity index is 466. The quantitative estimate of drug-likeness (QED) is 0.805. The molecule has 0 amide bonds. The van der Waals surface area contributed by atoms with Crippen LogP contribution in [0.5, 0.6) is 5.75 Å². The van der Waals surface area contributed by atoms with E-state index >= 15 is 0 Å². The van der Waals surface area contributed by atoms with Gasteiger partial charge in [-0.1, -0.05) is 12.1 Å². The maximum Gasteiger partial charge on any atom is 0.334 e. The molecule has 0 aromatic heterocycles. The predicted molar refractivity (Wildman–Crippen MR) is 68.1 cm³/mol. The number of ether oxygens (including phenoxy) is 2. The Morgan fingerprint density at radius 2 is 2.29 bits per heavy atom. The van der Waals surface area contributed by atoms with Crippen molar-refractivity contribution in [2.45, 2.75) is 12.8 Å². The molecule has 1 heterocycles. The van der Waals surface area contributed by atoms with E-state index in [0.717, 1.165) is 27.8 Å². The van der Waals surface area contributed by atoms with Crippen LogP contribution >= 0.6 is 15.9 Å². The number of carbonyl (C=O) groups is 1. The highest BCUT2D eigenvalue weighted by Gasteiger charge is 2.15. The lowest BCUT2D eigenvalue weighted by Crippen LogP contribution is -2.15. The van der Waals surface area contributed by atoms with Crippen LogP contribution in [0.15, 0.2) is 34.3 Å². The fraction of sp³-hybridized carbons (Fsp3) is 0.308. The first-order chi connectivity index (χ1) is 8.20. The van der Waals surface area contributed by atoms with Crippen LogP contribution < -0.4 is 4.74 Å². The van der Waals surface area contributed by atoms with E-state index in [1.54, 1.807) is 7.11 Å². The molecule has 90 valence electrons. The van der Waals surface area contributed by atoms with Gasteiger partial charge < -0.3 is 9.47 Å². The summed E-state index contributed by atoms with van der Waals surface area (Å²) in [6.45, 7) is 0.495. The fourth-order valence-electron chi connectivity index (χ4n) is 1.74. The molecule has 2 rings (SSSR count). The highest BCUT2D eigenvalue weighted by atomic mass is 79.9. The van der Waals surface area contributed by atoms with Gasteiger partial charge in [-0.15, -0.1) is 0 Å². The number of carbonyl (C=O) groups excluding carboxylic acids is 1. The number of halogens is 1. The topological polar surface area (TPSA) is 35.5 Å². The Hall–Kier alpha value is -1.29. The Morgan fingerprint density at radius 3 is 2.94 bits per heavy atom. The summed E-state index contributed by atoms with van der Waals surface area (Å²) in [5.41, 5.74) is 1.79. The van der Waals surface area contributed by atoms with Gasteiger partial charge in [0.2, 0.25) is 0 Å². The number of rotatable bonds is 3. The molecule has 0 N–H and O–H groups in total. The van der Waals surface area contributed by atoms with E-state index < -0.39 is 0 Å². The highest BCUT2D eigenvalue weighted by Crippen LogP contribution is 2.27. The molecule has 0 aliphatic carbocycles. The van der Waals surface area contributed by atoms with Gasteiger partial charge in [0.25, 0.3) is 0 Å². The van der Waals surface area contributed by atoms with Crippen molar-refractivity contribution in [1.29, 1.82) is 0 Å². The molecule has 1 aliphatic rings. The molecule has 0 unspecified atom stereocenters. The van der Waals surface area contributed by atoms with Gasteiger partial charge >= 0.3 is 5.97 Å². The van der Waals surface area contributed by atoms with Gasteiger partial charge in [0.05, 0.1) is 18.2 Å². The fourth-order valence-corrected chi connectivity index (χ4v) is 2.33. The Morgan fingerprint density at radius 1 is 1.47 bits per heavy atom. The number of hydrogen-bond acceptors (Lipinski definition) is 3. The summed E-state index contributed by atoms with van der Waals surface area (Å²) in [7, 11) is 1.63. The Labute approximate surface area is 109 Å². The molecule has 1 aromatic carbocycles. The maximum atomic E-state index is 11.5. The molecule has 0 bridgehead atoms. The van der Waals surface area contributed by atoms with Gasteiger partial charge in [-0.05, 0) is 33.6 Å². The summed E-state index contributed by atoms with van der Waals surface area (Å²) in [5.74, 6) is 0.581. The molecule has 1 aliphatic heterocycles. The van der Waals surface area contributed by atoms with Crippen molar-refractivity contribution < 1.29 is 14.3 Å². The zero-order chi connectivity index (χ0) is 12.3. The lowest BCUT2D eigenvalue weighted by molar-refractivity contribution is -0.139. The normalized spacial score (nSPS) is 15.2. The molecule has 0 saturated carbocycles. The van der Waals surface area contributed by atoms with Crippen molar-refractivity contribution in [2.24, 2.45) is 0 Å². The highest BCUT2D eigenvalue weighted by molar-refractivity contribution is 9.10. The SMILES string of the molecule is COc1ccc(CC2=CCCOC2=O)cc1Br. The number of hydrogen-bond donors (Lipinski definition) is 0. The summed E-state index contributed by atoms with van der Waals surface area (Å²) in [6, 6.07) is 5.79.